The van der Waals surface area contributed by atoms with E-state index in [0.717, 1.165) is 5.56 Å². The number of nitrogens with zero attached hydrogens (tertiary/aromatic N) is 2. The van der Waals surface area contributed by atoms with E-state index in [1.54, 1.807) is 36.0 Å². The molecular weight excluding hydrogens is 293 g/mol. The van der Waals surface area contributed by atoms with E-state index in [4.69, 9.17) is 0 Å². The molecule has 3 rings (SSSR count). The monoisotopic (exact) mass is 309 g/mol. The molecule has 0 aliphatic rings. The third-order valence-electron chi connectivity index (χ3n) is 3.52. The number of rotatable bonds is 4. The van der Waals surface area contributed by atoms with Crippen molar-refractivity contribution in [2.45, 2.75) is 13.5 Å². The fraction of sp³-hybridized carbons (Fsp3) is 0.111. The second-order valence-electron chi connectivity index (χ2n) is 5.32. The van der Waals surface area contributed by atoms with Gasteiger partial charge in [-0.1, -0.05) is 18.2 Å². The summed E-state index contributed by atoms with van der Waals surface area (Å²) in [6.45, 7) is 2.28. The molecule has 0 saturated carbocycles. The van der Waals surface area contributed by atoms with Crippen molar-refractivity contribution in [1.82, 2.24) is 9.78 Å². The number of aromatic nitrogens is 2. The molecule has 2 aromatic carbocycles. The first-order chi connectivity index (χ1) is 11.1. The fourth-order valence-electron chi connectivity index (χ4n) is 2.27. The summed E-state index contributed by atoms with van der Waals surface area (Å²) in [4.78, 5) is 12.2. The highest BCUT2D eigenvalue weighted by atomic mass is 19.1. The highest BCUT2D eigenvalue weighted by Crippen LogP contribution is 2.15. The number of benzene rings is 2. The van der Waals surface area contributed by atoms with Crippen LogP contribution in [0.25, 0.3) is 0 Å². The number of carbonyl (C=O) groups excluding carboxylic acids is 1. The molecule has 1 aromatic heterocycles. The Kier molecular flexibility index (Phi) is 4.19. The van der Waals surface area contributed by atoms with E-state index in [1.165, 1.54) is 6.07 Å². The fourth-order valence-corrected chi connectivity index (χ4v) is 2.27. The molecule has 0 saturated heterocycles. The Morgan fingerprint density at radius 3 is 2.83 bits per heavy atom. The summed E-state index contributed by atoms with van der Waals surface area (Å²) in [6.07, 6.45) is 3.60. The number of nitrogens with one attached hydrogen (secondary N) is 1. The van der Waals surface area contributed by atoms with Crippen LogP contribution in [-0.4, -0.2) is 15.7 Å². The number of hydrogen-bond donors (Lipinski definition) is 1. The van der Waals surface area contributed by atoms with Crippen LogP contribution in [0.1, 0.15) is 21.5 Å². The first kappa shape index (κ1) is 15.0. The van der Waals surface area contributed by atoms with Crippen molar-refractivity contribution in [2.24, 2.45) is 0 Å². The van der Waals surface area contributed by atoms with Crippen molar-refractivity contribution in [3.63, 3.8) is 0 Å². The van der Waals surface area contributed by atoms with Gasteiger partial charge in [-0.25, -0.2) is 4.39 Å². The van der Waals surface area contributed by atoms with Gasteiger partial charge < -0.3 is 5.32 Å². The molecule has 0 aliphatic heterocycles. The average Bonchev–Trinajstić information content (AvgIpc) is 3.03. The van der Waals surface area contributed by atoms with Gasteiger partial charge >= 0.3 is 0 Å². The number of anilines is 1. The Morgan fingerprint density at radius 2 is 2.09 bits per heavy atom. The molecule has 0 aliphatic carbocycles. The second-order valence-corrected chi connectivity index (χ2v) is 5.32. The van der Waals surface area contributed by atoms with Gasteiger partial charge in [0.1, 0.15) is 5.82 Å². The van der Waals surface area contributed by atoms with E-state index in [0.29, 0.717) is 23.4 Å². The Balaban J connectivity index is 1.74. The van der Waals surface area contributed by atoms with Gasteiger partial charge in [0.25, 0.3) is 5.91 Å². The molecule has 0 bridgehead atoms. The lowest BCUT2D eigenvalue weighted by Crippen LogP contribution is -2.12. The molecule has 0 unspecified atom stereocenters. The molecule has 1 N–H and O–H groups in total. The molecule has 3 aromatic rings. The van der Waals surface area contributed by atoms with Crippen molar-refractivity contribution in [1.29, 1.82) is 0 Å². The standard InChI is InChI=1S/C18H16FN3O/c1-13-6-7-15(11-17(13)19)18(23)21-16-5-2-4-14(10-16)12-22-9-3-8-20-22/h2-11H,12H2,1H3,(H,21,23). The Bertz CT molecular complexity index is 828. The van der Waals surface area contributed by atoms with Crippen LogP contribution in [0.2, 0.25) is 0 Å². The van der Waals surface area contributed by atoms with E-state index in [-0.39, 0.29) is 11.7 Å². The summed E-state index contributed by atoms with van der Waals surface area (Å²) in [6, 6.07) is 13.8. The topological polar surface area (TPSA) is 46.9 Å². The molecule has 4 nitrogen and oxygen atoms in total. The van der Waals surface area contributed by atoms with Crippen molar-refractivity contribution in [2.75, 3.05) is 5.32 Å². The summed E-state index contributed by atoms with van der Waals surface area (Å²) < 4.78 is 15.4. The lowest BCUT2D eigenvalue weighted by atomic mass is 10.1. The van der Waals surface area contributed by atoms with Crippen molar-refractivity contribution in [3.05, 3.63) is 83.4 Å². The van der Waals surface area contributed by atoms with Crippen LogP contribution in [0.3, 0.4) is 0 Å². The maximum atomic E-state index is 13.6. The van der Waals surface area contributed by atoms with Crippen LogP contribution >= 0.6 is 0 Å². The molecule has 1 amide bonds. The highest BCUT2D eigenvalue weighted by Gasteiger charge is 2.09. The van der Waals surface area contributed by atoms with Gasteiger partial charge in [-0.3, -0.25) is 9.48 Å². The normalized spacial score (nSPS) is 10.5. The molecule has 0 spiro atoms. The minimum absolute atomic E-state index is 0.297. The summed E-state index contributed by atoms with van der Waals surface area (Å²) in [5.41, 5.74) is 2.50. The van der Waals surface area contributed by atoms with Crippen LogP contribution in [0.5, 0.6) is 0 Å². The molecular formula is C18H16FN3O. The van der Waals surface area contributed by atoms with Crippen LogP contribution in [0.15, 0.2) is 60.9 Å². The first-order valence-corrected chi connectivity index (χ1v) is 7.26. The Labute approximate surface area is 133 Å². The molecule has 0 atom stereocenters. The van der Waals surface area contributed by atoms with Gasteiger partial charge in [0.2, 0.25) is 0 Å². The molecule has 5 heteroatoms. The maximum absolute atomic E-state index is 13.6. The van der Waals surface area contributed by atoms with Crippen LogP contribution in [0.4, 0.5) is 10.1 Å². The number of carbonyl (C=O) groups is 1. The zero-order chi connectivity index (χ0) is 16.2. The van der Waals surface area contributed by atoms with Crippen molar-refractivity contribution < 1.29 is 9.18 Å². The Morgan fingerprint density at radius 1 is 1.22 bits per heavy atom. The molecule has 0 fully saturated rings. The lowest BCUT2D eigenvalue weighted by molar-refractivity contribution is 0.102. The van der Waals surface area contributed by atoms with Gasteiger partial charge in [0.05, 0.1) is 6.54 Å². The second kappa shape index (κ2) is 6.44. The van der Waals surface area contributed by atoms with Crippen molar-refractivity contribution >= 4 is 11.6 Å². The predicted molar refractivity (Wildman–Crippen MR) is 86.9 cm³/mol. The van der Waals surface area contributed by atoms with Gasteiger partial charge in [-0.05, 0) is 48.4 Å². The summed E-state index contributed by atoms with van der Waals surface area (Å²) in [5, 5.41) is 6.94. The third kappa shape index (κ3) is 3.63. The zero-order valence-electron chi connectivity index (χ0n) is 12.7. The summed E-state index contributed by atoms with van der Waals surface area (Å²) in [5.74, 6) is -0.717. The third-order valence-corrected chi connectivity index (χ3v) is 3.52. The summed E-state index contributed by atoms with van der Waals surface area (Å²) >= 11 is 0. The van der Waals surface area contributed by atoms with E-state index < -0.39 is 0 Å². The van der Waals surface area contributed by atoms with E-state index in [2.05, 4.69) is 10.4 Å². The van der Waals surface area contributed by atoms with Crippen molar-refractivity contribution in [3.8, 4) is 0 Å². The summed E-state index contributed by atoms with van der Waals surface area (Å²) in [7, 11) is 0. The predicted octanol–water partition coefficient (Wildman–Crippen LogP) is 3.63. The van der Waals surface area contributed by atoms with Gasteiger partial charge in [-0.2, -0.15) is 5.10 Å². The Hall–Kier alpha value is -2.95. The molecule has 1 heterocycles. The van der Waals surface area contributed by atoms with E-state index in [1.807, 2.05) is 30.5 Å². The SMILES string of the molecule is Cc1ccc(C(=O)Nc2cccc(Cn3cccn3)c2)cc1F. The van der Waals surface area contributed by atoms with Gasteiger partial charge in [0.15, 0.2) is 0 Å². The van der Waals surface area contributed by atoms with Crippen LogP contribution < -0.4 is 5.32 Å². The van der Waals surface area contributed by atoms with Crippen LogP contribution in [0, 0.1) is 12.7 Å². The minimum Gasteiger partial charge on any atom is -0.322 e. The van der Waals surface area contributed by atoms with Crippen LogP contribution in [-0.2, 0) is 6.54 Å². The smallest absolute Gasteiger partial charge is 0.255 e. The number of halogens is 1. The lowest BCUT2D eigenvalue weighted by Gasteiger charge is -2.08. The quantitative estimate of drug-likeness (QED) is 0.800. The molecule has 23 heavy (non-hydrogen) atoms. The highest BCUT2D eigenvalue weighted by molar-refractivity contribution is 6.04. The largest absolute Gasteiger partial charge is 0.322 e. The average molecular weight is 309 g/mol. The van der Waals surface area contributed by atoms with Gasteiger partial charge in [0, 0.05) is 23.6 Å². The molecule has 0 radical (unpaired) electrons. The molecule has 116 valence electrons. The maximum Gasteiger partial charge on any atom is 0.255 e. The van der Waals surface area contributed by atoms with E-state index >= 15 is 0 Å². The number of aryl methyl sites for hydroxylation is 1. The number of hydrogen-bond acceptors (Lipinski definition) is 2. The zero-order valence-corrected chi connectivity index (χ0v) is 12.7. The minimum atomic E-state index is -0.384. The van der Waals surface area contributed by atoms with E-state index in [9.17, 15) is 9.18 Å². The first-order valence-electron chi connectivity index (χ1n) is 7.26. The number of amides is 1. The van der Waals surface area contributed by atoms with Gasteiger partial charge in [-0.15, -0.1) is 0 Å².